The molecule has 2 aromatic rings. The van der Waals surface area contributed by atoms with Gasteiger partial charge in [0.05, 0.1) is 5.56 Å². The van der Waals surface area contributed by atoms with E-state index in [0.717, 1.165) is 22.2 Å². The lowest BCUT2D eigenvalue weighted by atomic mass is 10.0. The van der Waals surface area contributed by atoms with Crippen molar-refractivity contribution in [1.82, 2.24) is 5.16 Å². The zero-order chi connectivity index (χ0) is 13.6. The van der Waals surface area contributed by atoms with Gasteiger partial charge in [0.25, 0.3) is 0 Å². The summed E-state index contributed by atoms with van der Waals surface area (Å²) in [6.45, 7) is 1.99. The average Bonchev–Trinajstić information content (AvgIpc) is 2.93. The Balaban J connectivity index is 2.12. The largest absolute Gasteiger partial charge is 0.489 e. The molecule has 0 bridgehead atoms. The number of hydrogen-bond donors (Lipinski definition) is 1. The quantitative estimate of drug-likeness (QED) is 0.919. The number of carbonyl (C=O) groups is 1. The first-order chi connectivity index (χ1) is 9.04. The number of carboxylic acid groups (broad SMARTS) is 1. The maximum absolute atomic E-state index is 10.8. The summed E-state index contributed by atoms with van der Waals surface area (Å²) in [7, 11) is 0. The molecule has 0 aliphatic carbocycles. The fourth-order valence-electron chi connectivity index (χ4n) is 2.18. The first-order valence-corrected chi connectivity index (χ1v) is 6.53. The molecule has 1 aromatic heterocycles. The maximum atomic E-state index is 10.8. The normalized spacial score (nSPS) is 17.1. The zero-order valence-electron chi connectivity index (χ0n) is 10.0. The van der Waals surface area contributed by atoms with Gasteiger partial charge in [-0.15, -0.1) is 0 Å². The molecule has 98 valence electrons. The van der Waals surface area contributed by atoms with E-state index in [0.29, 0.717) is 11.3 Å². The molecule has 0 amide bonds. The van der Waals surface area contributed by atoms with Crippen LogP contribution in [0.1, 0.15) is 23.0 Å². The molecule has 5 nitrogen and oxygen atoms in total. The molecular weight excluding hydrogens is 314 g/mol. The number of aromatic nitrogens is 1. The van der Waals surface area contributed by atoms with Gasteiger partial charge in [-0.1, -0.05) is 21.1 Å². The fraction of sp³-hybridized carbons (Fsp3) is 0.231. The monoisotopic (exact) mass is 323 g/mol. The number of halogens is 1. The molecule has 0 radical (unpaired) electrons. The predicted octanol–water partition coefficient (Wildman–Crippen LogP) is 3.13. The molecule has 1 aromatic carbocycles. The van der Waals surface area contributed by atoms with Crippen LogP contribution in [0.25, 0.3) is 11.3 Å². The topological polar surface area (TPSA) is 72.6 Å². The Morgan fingerprint density at radius 1 is 1.47 bits per heavy atom. The van der Waals surface area contributed by atoms with Crippen molar-refractivity contribution >= 4 is 21.9 Å². The molecular formula is C13H10BrNO4. The number of rotatable bonds is 2. The van der Waals surface area contributed by atoms with Gasteiger partial charge < -0.3 is 14.4 Å². The van der Waals surface area contributed by atoms with Crippen molar-refractivity contribution in [2.45, 2.75) is 19.4 Å². The average molecular weight is 324 g/mol. The molecule has 19 heavy (non-hydrogen) atoms. The van der Waals surface area contributed by atoms with Crippen LogP contribution in [0, 0.1) is 0 Å². The first kappa shape index (κ1) is 12.2. The van der Waals surface area contributed by atoms with Crippen molar-refractivity contribution in [2.75, 3.05) is 0 Å². The predicted molar refractivity (Wildman–Crippen MR) is 70.4 cm³/mol. The van der Waals surface area contributed by atoms with E-state index < -0.39 is 5.97 Å². The molecule has 0 saturated heterocycles. The van der Waals surface area contributed by atoms with Gasteiger partial charge in [-0.25, -0.2) is 4.79 Å². The van der Waals surface area contributed by atoms with Crippen molar-refractivity contribution < 1.29 is 19.2 Å². The molecule has 2 heterocycles. The van der Waals surface area contributed by atoms with Gasteiger partial charge in [0.15, 0.2) is 11.5 Å². The van der Waals surface area contributed by atoms with Gasteiger partial charge in [-0.2, -0.15) is 0 Å². The molecule has 1 aliphatic rings. The number of nitrogens with zero attached hydrogens (tertiary/aromatic N) is 1. The lowest BCUT2D eigenvalue weighted by Crippen LogP contribution is -2.05. The van der Waals surface area contributed by atoms with E-state index >= 15 is 0 Å². The van der Waals surface area contributed by atoms with Crippen LogP contribution in [-0.2, 0) is 6.42 Å². The first-order valence-electron chi connectivity index (χ1n) is 5.74. The van der Waals surface area contributed by atoms with Crippen LogP contribution in [0.2, 0.25) is 0 Å². The second-order valence-corrected chi connectivity index (χ2v) is 5.37. The third kappa shape index (κ3) is 2.12. The Bertz CT molecular complexity index is 665. The highest BCUT2D eigenvalue weighted by Gasteiger charge is 2.25. The number of hydrogen-bond acceptors (Lipinski definition) is 4. The van der Waals surface area contributed by atoms with Crippen LogP contribution in [0.15, 0.2) is 27.2 Å². The zero-order valence-corrected chi connectivity index (χ0v) is 11.6. The van der Waals surface area contributed by atoms with Crippen LogP contribution < -0.4 is 4.74 Å². The molecule has 1 aliphatic heterocycles. The maximum Gasteiger partial charge on any atom is 0.358 e. The molecule has 0 spiro atoms. The van der Waals surface area contributed by atoms with Crippen molar-refractivity contribution in [3.63, 3.8) is 0 Å². The van der Waals surface area contributed by atoms with E-state index in [-0.39, 0.29) is 11.8 Å². The summed E-state index contributed by atoms with van der Waals surface area (Å²) in [5.41, 5.74) is 1.67. The Morgan fingerprint density at radius 3 is 2.95 bits per heavy atom. The van der Waals surface area contributed by atoms with Gasteiger partial charge in [-0.3, -0.25) is 0 Å². The third-order valence-electron chi connectivity index (χ3n) is 2.95. The van der Waals surface area contributed by atoms with Crippen LogP contribution in [0.4, 0.5) is 0 Å². The summed E-state index contributed by atoms with van der Waals surface area (Å²) < 4.78 is 11.8. The molecule has 0 saturated carbocycles. The van der Waals surface area contributed by atoms with Gasteiger partial charge >= 0.3 is 5.97 Å². The highest BCUT2D eigenvalue weighted by atomic mass is 79.9. The second kappa shape index (κ2) is 4.38. The summed E-state index contributed by atoms with van der Waals surface area (Å²) in [4.78, 5) is 10.8. The Kier molecular flexibility index (Phi) is 2.82. The van der Waals surface area contributed by atoms with Gasteiger partial charge in [0, 0.05) is 17.0 Å². The Hall–Kier alpha value is -1.82. The van der Waals surface area contributed by atoms with Crippen LogP contribution >= 0.6 is 15.9 Å². The lowest BCUT2D eigenvalue weighted by Gasteiger charge is -2.07. The number of fused-ring (bicyclic) bond motifs is 1. The van der Waals surface area contributed by atoms with Gasteiger partial charge in [0.1, 0.15) is 11.9 Å². The summed E-state index contributed by atoms with van der Waals surface area (Å²) in [5, 5.41) is 12.4. The summed E-state index contributed by atoms with van der Waals surface area (Å²) in [6, 6.07) is 5.23. The Morgan fingerprint density at radius 2 is 2.26 bits per heavy atom. The van der Waals surface area contributed by atoms with E-state index in [1.165, 1.54) is 6.07 Å². The number of carboxylic acids is 1. The van der Waals surface area contributed by atoms with Crippen LogP contribution in [0.5, 0.6) is 5.75 Å². The molecule has 1 atom stereocenters. The minimum Gasteiger partial charge on any atom is -0.489 e. The van der Waals surface area contributed by atoms with E-state index in [1.807, 2.05) is 19.1 Å². The van der Waals surface area contributed by atoms with Crippen molar-refractivity contribution in [2.24, 2.45) is 0 Å². The van der Waals surface area contributed by atoms with Gasteiger partial charge in [0.2, 0.25) is 0 Å². The highest BCUT2D eigenvalue weighted by Crippen LogP contribution is 2.41. The van der Waals surface area contributed by atoms with E-state index in [4.69, 9.17) is 14.4 Å². The molecule has 6 heteroatoms. The minimum atomic E-state index is -1.11. The molecule has 1 N–H and O–H groups in total. The minimum absolute atomic E-state index is 0.102. The SMILES string of the molecule is CC1Cc2cc(Br)cc(-c3cc(C(=O)O)no3)c2O1. The van der Waals surface area contributed by atoms with E-state index in [1.54, 1.807) is 0 Å². The number of aromatic carboxylic acids is 1. The summed E-state index contributed by atoms with van der Waals surface area (Å²) in [6.07, 6.45) is 0.923. The smallest absolute Gasteiger partial charge is 0.358 e. The van der Waals surface area contributed by atoms with Crippen molar-refractivity contribution in [3.05, 3.63) is 33.9 Å². The second-order valence-electron chi connectivity index (χ2n) is 4.46. The number of benzene rings is 1. The summed E-state index contributed by atoms with van der Waals surface area (Å²) >= 11 is 3.43. The van der Waals surface area contributed by atoms with Crippen molar-refractivity contribution in [1.29, 1.82) is 0 Å². The fourth-order valence-corrected chi connectivity index (χ4v) is 2.68. The third-order valence-corrected chi connectivity index (χ3v) is 3.41. The highest BCUT2D eigenvalue weighted by molar-refractivity contribution is 9.10. The molecule has 3 rings (SSSR count). The van der Waals surface area contributed by atoms with Crippen LogP contribution in [0.3, 0.4) is 0 Å². The van der Waals surface area contributed by atoms with Crippen molar-refractivity contribution in [3.8, 4) is 17.1 Å². The van der Waals surface area contributed by atoms with E-state index in [9.17, 15) is 4.79 Å². The Labute approximate surface area is 117 Å². The molecule has 0 fully saturated rings. The lowest BCUT2D eigenvalue weighted by molar-refractivity contribution is 0.0686. The van der Waals surface area contributed by atoms with Gasteiger partial charge in [-0.05, 0) is 24.6 Å². The number of ether oxygens (including phenoxy) is 1. The standard InChI is InChI=1S/C13H10BrNO4/c1-6-2-7-3-8(14)4-9(12(7)18-6)11-5-10(13(16)17)15-19-11/h3-6H,2H2,1H3,(H,16,17). The van der Waals surface area contributed by atoms with Crippen LogP contribution in [-0.4, -0.2) is 22.3 Å². The van der Waals surface area contributed by atoms with E-state index in [2.05, 4.69) is 21.1 Å². The summed E-state index contributed by atoms with van der Waals surface area (Å²) in [5.74, 6) is 0.0174. The molecule has 1 unspecified atom stereocenters.